The van der Waals surface area contributed by atoms with Gasteiger partial charge in [-0.05, 0) is 34.1 Å². The molecular weight excluding hydrogens is 332 g/mol. The van der Waals surface area contributed by atoms with E-state index in [4.69, 9.17) is 5.73 Å². The number of hydrogen-bond donors (Lipinski definition) is 1. The van der Waals surface area contributed by atoms with Crippen LogP contribution in [0.3, 0.4) is 0 Å². The van der Waals surface area contributed by atoms with Crippen molar-refractivity contribution >= 4 is 17.6 Å². The van der Waals surface area contributed by atoms with E-state index < -0.39 is 5.54 Å². The van der Waals surface area contributed by atoms with Crippen LogP contribution in [-0.2, 0) is 4.79 Å². The minimum atomic E-state index is -0.914. The van der Waals surface area contributed by atoms with Gasteiger partial charge >= 0.3 is 0 Å². The second-order valence-electron chi connectivity index (χ2n) is 7.82. The van der Waals surface area contributed by atoms with Crippen LogP contribution >= 0.6 is 0 Å². The topological polar surface area (TPSA) is 95.7 Å². The molecule has 8 nitrogen and oxygen atoms in total. The lowest BCUT2D eigenvalue weighted by atomic mass is 9.97. The molecule has 26 heavy (non-hydrogen) atoms. The van der Waals surface area contributed by atoms with E-state index >= 15 is 0 Å². The van der Waals surface area contributed by atoms with E-state index in [1.54, 1.807) is 30.7 Å². The van der Waals surface area contributed by atoms with Gasteiger partial charge < -0.3 is 20.4 Å². The van der Waals surface area contributed by atoms with Crippen LogP contribution in [-0.4, -0.2) is 76.4 Å². The highest BCUT2D eigenvalue weighted by Crippen LogP contribution is 2.26. The lowest BCUT2D eigenvalue weighted by Gasteiger charge is -2.44. The van der Waals surface area contributed by atoms with Gasteiger partial charge in [-0.2, -0.15) is 0 Å². The monoisotopic (exact) mass is 360 g/mol. The quantitative estimate of drug-likeness (QED) is 0.816. The van der Waals surface area contributed by atoms with Gasteiger partial charge in [0, 0.05) is 50.5 Å². The third kappa shape index (κ3) is 3.02. The van der Waals surface area contributed by atoms with Gasteiger partial charge in [0.15, 0.2) is 0 Å². The molecule has 3 heterocycles. The summed E-state index contributed by atoms with van der Waals surface area (Å²) in [7, 11) is 1.76. The molecule has 2 amide bonds. The van der Waals surface area contributed by atoms with Crippen molar-refractivity contribution in [3.05, 3.63) is 17.1 Å². The van der Waals surface area contributed by atoms with Gasteiger partial charge in [0.25, 0.3) is 5.91 Å². The molecule has 2 N–H and O–H groups in total. The second kappa shape index (κ2) is 6.50. The Bertz CT molecular complexity index is 747. The predicted octanol–water partition coefficient (Wildman–Crippen LogP) is 0.324. The van der Waals surface area contributed by atoms with E-state index in [1.807, 2.05) is 13.8 Å². The first-order valence-corrected chi connectivity index (χ1v) is 9.06. The maximum Gasteiger partial charge on any atom is 0.292 e. The maximum absolute atomic E-state index is 13.1. The molecule has 2 aliphatic heterocycles. The SMILES string of the molecule is Cc1nc(C(=O)N2CCN(C)C(=O)C2(C)C)nc(N2CC[C@@H](N)C2)c1C. The number of aryl methyl sites for hydroxylation is 1. The molecule has 142 valence electrons. The normalized spacial score (nSPS) is 22.9. The van der Waals surface area contributed by atoms with Crippen LogP contribution in [0.2, 0.25) is 0 Å². The highest BCUT2D eigenvalue weighted by atomic mass is 16.2. The van der Waals surface area contributed by atoms with Crippen LogP contribution < -0.4 is 10.6 Å². The summed E-state index contributed by atoms with van der Waals surface area (Å²) < 4.78 is 0. The van der Waals surface area contributed by atoms with Gasteiger partial charge in [-0.3, -0.25) is 9.59 Å². The van der Waals surface area contributed by atoms with Gasteiger partial charge in [0.05, 0.1) is 0 Å². The first-order chi connectivity index (χ1) is 12.1. The number of carbonyl (C=O) groups is 2. The molecule has 0 aromatic carbocycles. The lowest BCUT2D eigenvalue weighted by Crippen LogP contribution is -2.63. The minimum Gasteiger partial charge on any atom is -0.355 e. The van der Waals surface area contributed by atoms with Crippen LogP contribution in [0.5, 0.6) is 0 Å². The van der Waals surface area contributed by atoms with Gasteiger partial charge in [-0.15, -0.1) is 0 Å². The van der Waals surface area contributed by atoms with Crippen molar-refractivity contribution in [1.29, 1.82) is 0 Å². The summed E-state index contributed by atoms with van der Waals surface area (Å²) in [4.78, 5) is 40.0. The van der Waals surface area contributed by atoms with Crippen LogP contribution in [0.4, 0.5) is 5.82 Å². The number of rotatable bonds is 2. The molecule has 8 heteroatoms. The average Bonchev–Trinajstić information content (AvgIpc) is 3.01. The average molecular weight is 360 g/mol. The summed E-state index contributed by atoms with van der Waals surface area (Å²) in [6, 6.07) is 0.123. The van der Waals surface area contributed by atoms with Crippen LogP contribution in [0.25, 0.3) is 0 Å². The summed E-state index contributed by atoms with van der Waals surface area (Å²) >= 11 is 0. The first kappa shape index (κ1) is 18.6. The molecule has 2 fully saturated rings. The number of anilines is 1. The van der Waals surface area contributed by atoms with Crippen molar-refractivity contribution < 1.29 is 9.59 Å². The van der Waals surface area contributed by atoms with Gasteiger partial charge in [0.1, 0.15) is 11.4 Å². The number of hydrogen-bond acceptors (Lipinski definition) is 6. The zero-order valence-corrected chi connectivity index (χ0v) is 16.2. The van der Waals surface area contributed by atoms with Gasteiger partial charge in [-0.25, -0.2) is 9.97 Å². The van der Waals surface area contributed by atoms with Crippen LogP contribution in [0.15, 0.2) is 0 Å². The van der Waals surface area contributed by atoms with Crippen molar-refractivity contribution in [2.24, 2.45) is 5.73 Å². The van der Waals surface area contributed by atoms with Crippen molar-refractivity contribution in [2.75, 3.05) is 38.1 Å². The molecule has 0 unspecified atom stereocenters. The van der Waals surface area contributed by atoms with E-state index in [2.05, 4.69) is 14.9 Å². The summed E-state index contributed by atoms with van der Waals surface area (Å²) in [5, 5.41) is 0. The predicted molar refractivity (Wildman–Crippen MR) is 99.1 cm³/mol. The number of nitrogens with zero attached hydrogens (tertiary/aromatic N) is 5. The number of aromatic nitrogens is 2. The number of piperazine rings is 1. The smallest absolute Gasteiger partial charge is 0.292 e. The molecule has 0 aliphatic carbocycles. The lowest BCUT2D eigenvalue weighted by molar-refractivity contribution is -0.144. The summed E-state index contributed by atoms with van der Waals surface area (Å²) in [6.45, 7) is 9.91. The van der Waals surface area contributed by atoms with Crippen LogP contribution in [0.1, 0.15) is 42.1 Å². The van der Waals surface area contributed by atoms with E-state index in [0.29, 0.717) is 13.1 Å². The molecule has 3 rings (SSSR count). The first-order valence-electron chi connectivity index (χ1n) is 9.06. The van der Waals surface area contributed by atoms with Gasteiger partial charge in [-0.1, -0.05) is 0 Å². The largest absolute Gasteiger partial charge is 0.355 e. The summed E-state index contributed by atoms with van der Waals surface area (Å²) in [5.74, 6) is 0.539. The summed E-state index contributed by atoms with van der Waals surface area (Å²) in [6.07, 6.45) is 0.908. The Labute approximate surface area is 154 Å². The summed E-state index contributed by atoms with van der Waals surface area (Å²) in [5.41, 5.74) is 6.85. The standard InChI is InChI=1S/C18H28N6O2/c1-11-12(2)20-14(21-15(11)23-7-6-13(19)10-23)16(25)24-9-8-22(5)17(26)18(24,3)4/h13H,6-10,19H2,1-5H3/t13-/m1/s1. The number of likely N-dealkylation sites (N-methyl/N-ethyl adjacent to an activating group) is 1. The van der Waals surface area contributed by atoms with E-state index in [0.717, 1.165) is 36.6 Å². The fourth-order valence-electron chi connectivity index (χ4n) is 3.69. The Morgan fingerprint density at radius 1 is 1.19 bits per heavy atom. The molecule has 2 aliphatic rings. The fourth-order valence-corrected chi connectivity index (χ4v) is 3.69. The Morgan fingerprint density at radius 3 is 2.50 bits per heavy atom. The van der Waals surface area contributed by atoms with Gasteiger partial charge in [0.2, 0.25) is 11.7 Å². The second-order valence-corrected chi connectivity index (χ2v) is 7.82. The molecule has 2 saturated heterocycles. The fraction of sp³-hybridized carbons (Fsp3) is 0.667. The maximum atomic E-state index is 13.1. The van der Waals surface area contributed by atoms with E-state index in [-0.39, 0.29) is 23.7 Å². The molecule has 0 radical (unpaired) electrons. The Morgan fingerprint density at radius 2 is 1.88 bits per heavy atom. The molecule has 1 aromatic heterocycles. The van der Waals surface area contributed by atoms with E-state index in [9.17, 15) is 9.59 Å². The third-order valence-corrected chi connectivity index (χ3v) is 5.53. The molecule has 0 spiro atoms. The van der Waals surface area contributed by atoms with Crippen molar-refractivity contribution in [3.63, 3.8) is 0 Å². The number of nitrogens with two attached hydrogens (primary N) is 1. The Balaban J connectivity index is 1.95. The van der Waals surface area contributed by atoms with Crippen molar-refractivity contribution in [2.45, 2.75) is 45.7 Å². The number of carbonyl (C=O) groups excluding carboxylic acids is 2. The molecule has 0 saturated carbocycles. The highest BCUT2D eigenvalue weighted by molar-refractivity contribution is 5.97. The Kier molecular flexibility index (Phi) is 4.64. The Hall–Kier alpha value is -2.22. The molecule has 1 aromatic rings. The van der Waals surface area contributed by atoms with Crippen LogP contribution in [0, 0.1) is 13.8 Å². The molecular formula is C18H28N6O2. The van der Waals surface area contributed by atoms with E-state index in [1.165, 1.54) is 0 Å². The molecule has 1 atom stereocenters. The zero-order valence-electron chi connectivity index (χ0n) is 16.2. The van der Waals surface area contributed by atoms with Crippen molar-refractivity contribution in [3.8, 4) is 0 Å². The molecule has 0 bridgehead atoms. The number of amides is 2. The van der Waals surface area contributed by atoms with Crippen molar-refractivity contribution in [1.82, 2.24) is 19.8 Å². The highest BCUT2D eigenvalue weighted by Gasteiger charge is 2.44. The zero-order chi connectivity index (χ0) is 19.2. The minimum absolute atomic E-state index is 0.0772. The third-order valence-electron chi connectivity index (χ3n) is 5.53.